The van der Waals surface area contributed by atoms with E-state index < -0.39 is 0 Å². The van der Waals surface area contributed by atoms with Crippen LogP contribution < -0.4 is 10.6 Å². The molecule has 0 saturated carbocycles. The summed E-state index contributed by atoms with van der Waals surface area (Å²) in [6, 6.07) is 5.41. The second-order valence-electron chi connectivity index (χ2n) is 5.03. The molecule has 1 amide bonds. The van der Waals surface area contributed by atoms with Crippen LogP contribution in [0.1, 0.15) is 30.1 Å². The molecule has 1 fully saturated rings. The third kappa shape index (κ3) is 4.20. The summed E-state index contributed by atoms with van der Waals surface area (Å²) >= 11 is 9.31. The minimum Gasteiger partial charge on any atom is -0.349 e. The second-order valence-corrected chi connectivity index (χ2v) is 6.38. The lowest BCUT2D eigenvalue weighted by Crippen LogP contribution is -2.44. The van der Waals surface area contributed by atoms with E-state index in [0.29, 0.717) is 16.5 Å². The van der Waals surface area contributed by atoms with Gasteiger partial charge in [-0.05, 0) is 57.0 Å². The molecule has 1 aromatic carbocycles. The van der Waals surface area contributed by atoms with Crippen molar-refractivity contribution in [2.24, 2.45) is 5.92 Å². The first-order valence-corrected chi connectivity index (χ1v) is 7.71. The minimum atomic E-state index is -0.0683. The highest BCUT2D eigenvalue weighted by Crippen LogP contribution is 2.20. The van der Waals surface area contributed by atoms with Gasteiger partial charge in [0.1, 0.15) is 0 Å². The van der Waals surface area contributed by atoms with E-state index in [1.807, 2.05) is 0 Å². The maximum Gasteiger partial charge on any atom is 0.251 e. The van der Waals surface area contributed by atoms with E-state index in [2.05, 4.69) is 33.5 Å². The van der Waals surface area contributed by atoms with Crippen LogP contribution in [-0.4, -0.2) is 25.0 Å². The normalized spacial score (nSPS) is 20.9. The fraction of sp³-hybridized carbons (Fsp3) is 0.500. The number of rotatable bonds is 3. The maximum atomic E-state index is 12.2. The van der Waals surface area contributed by atoms with Gasteiger partial charge in [0.2, 0.25) is 0 Å². The van der Waals surface area contributed by atoms with Crippen LogP contribution in [0, 0.1) is 5.92 Å². The number of nitrogens with one attached hydrogen (secondary N) is 2. The number of halogens is 2. The molecule has 5 heteroatoms. The zero-order valence-corrected chi connectivity index (χ0v) is 13.2. The standard InChI is InChI=1S/C14H18BrClN2O/c1-9(10-3-2-4-17-8-10)18-14(19)11-5-12(15)7-13(16)6-11/h5-7,9-10,17H,2-4,8H2,1H3,(H,18,19). The number of carbonyl (C=O) groups excluding carboxylic acids is 1. The van der Waals surface area contributed by atoms with Crippen molar-refractivity contribution in [3.63, 3.8) is 0 Å². The summed E-state index contributed by atoms with van der Waals surface area (Å²) in [4.78, 5) is 12.2. The first kappa shape index (κ1) is 14.8. The number of carbonyl (C=O) groups is 1. The Morgan fingerprint density at radius 2 is 2.32 bits per heavy atom. The Balaban J connectivity index is 1.99. The molecule has 0 spiro atoms. The summed E-state index contributed by atoms with van der Waals surface area (Å²) in [7, 11) is 0. The van der Waals surface area contributed by atoms with Crippen LogP contribution in [0.2, 0.25) is 5.02 Å². The smallest absolute Gasteiger partial charge is 0.251 e. The van der Waals surface area contributed by atoms with Crippen molar-refractivity contribution in [1.29, 1.82) is 0 Å². The minimum absolute atomic E-state index is 0.0683. The predicted octanol–water partition coefficient (Wildman–Crippen LogP) is 3.22. The maximum absolute atomic E-state index is 12.2. The van der Waals surface area contributed by atoms with Crippen LogP contribution in [0.15, 0.2) is 22.7 Å². The van der Waals surface area contributed by atoms with E-state index >= 15 is 0 Å². The van der Waals surface area contributed by atoms with Gasteiger partial charge >= 0.3 is 0 Å². The molecule has 0 aromatic heterocycles. The Bertz CT molecular complexity index is 441. The van der Waals surface area contributed by atoms with E-state index in [-0.39, 0.29) is 11.9 Å². The molecule has 1 saturated heterocycles. The summed E-state index contributed by atoms with van der Waals surface area (Å²) in [5.74, 6) is 0.432. The van der Waals surface area contributed by atoms with Crippen molar-refractivity contribution >= 4 is 33.4 Å². The SMILES string of the molecule is CC(NC(=O)c1cc(Cl)cc(Br)c1)C1CCCNC1. The number of amides is 1. The van der Waals surface area contributed by atoms with Gasteiger partial charge in [0.25, 0.3) is 5.91 Å². The van der Waals surface area contributed by atoms with Crippen molar-refractivity contribution < 1.29 is 4.79 Å². The van der Waals surface area contributed by atoms with E-state index in [4.69, 9.17) is 11.6 Å². The molecule has 1 aromatic rings. The molecule has 2 N–H and O–H groups in total. The Kier molecular flexibility index (Phi) is 5.25. The zero-order valence-electron chi connectivity index (χ0n) is 10.9. The van der Waals surface area contributed by atoms with Crippen molar-refractivity contribution in [1.82, 2.24) is 10.6 Å². The molecular formula is C14H18BrClN2O. The number of hydrogen-bond acceptors (Lipinski definition) is 2. The number of hydrogen-bond donors (Lipinski definition) is 2. The molecular weight excluding hydrogens is 328 g/mol. The van der Waals surface area contributed by atoms with Crippen molar-refractivity contribution in [2.45, 2.75) is 25.8 Å². The van der Waals surface area contributed by atoms with E-state index in [1.165, 1.54) is 6.42 Å². The third-order valence-corrected chi connectivity index (χ3v) is 4.20. The lowest BCUT2D eigenvalue weighted by molar-refractivity contribution is 0.0922. The van der Waals surface area contributed by atoms with Crippen molar-refractivity contribution in [2.75, 3.05) is 13.1 Å². The van der Waals surface area contributed by atoms with Crippen LogP contribution in [0.3, 0.4) is 0 Å². The molecule has 0 bridgehead atoms. The highest BCUT2D eigenvalue weighted by Gasteiger charge is 2.21. The molecule has 1 heterocycles. The fourth-order valence-electron chi connectivity index (χ4n) is 2.40. The molecule has 2 atom stereocenters. The van der Waals surface area contributed by atoms with Gasteiger partial charge < -0.3 is 10.6 Å². The quantitative estimate of drug-likeness (QED) is 0.883. The summed E-state index contributed by atoms with van der Waals surface area (Å²) in [5, 5.41) is 6.99. The predicted molar refractivity (Wildman–Crippen MR) is 81.7 cm³/mol. The topological polar surface area (TPSA) is 41.1 Å². The van der Waals surface area contributed by atoms with Crippen molar-refractivity contribution in [3.05, 3.63) is 33.3 Å². The monoisotopic (exact) mass is 344 g/mol. The first-order valence-electron chi connectivity index (χ1n) is 6.54. The van der Waals surface area contributed by atoms with Gasteiger partial charge in [0.15, 0.2) is 0 Å². The molecule has 2 unspecified atom stereocenters. The Morgan fingerprint density at radius 3 is 2.95 bits per heavy atom. The van der Waals surface area contributed by atoms with Crippen LogP contribution >= 0.6 is 27.5 Å². The molecule has 0 radical (unpaired) electrons. The molecule has 3 nitrogen and oxygen atoms in total. The highest BCUT2D eigenvalue weighted by molar-refractivity contribution is 9.10. The summed E-state index contributed by atoms with van der Waals surface area (Å²) in [6.07, 6.45) is 2.33. The van der Waals surface area contributed by atoms with Gasteiger partial charge in [-0.3, -0.25) is 4.79 Å². The number of piperidine rings is 1. The average Bonchev–Trinajstić information content (AvgIpc) is 2.38. The molecule has 104 valence electrons. The zero-order chi connectivity index (χ0) is 13.8. The molecule has 0 aliphatic carbocycles. The average molecular weight is 346 g/mol. The van der Waals surface area contributed by atoms with Gasteiger partial charge in [-0.2, -0.15) is 0 Å². The fourth-order valence-corrected chi connectivity index (χ4v) is 3.26. The Hall–Kier alpha value is -0.580. The van der Waals surface area contributed by atoms with E-state index in [9.17, 15) is 4.79 Å². The highest BCUT2D eigenvalue weighted by atomic mass is 79.9. The lowest BCUT2D eigenvalue weighted by atomic mass is 9.92. The van der Waals surface area contributed by atoms with Gasteiger partial charge in [-0.25, -0.2) is 0 Å². The third-order valence-electron chi connectivity index (χ3n) is 3.53. The van der Waals surface area contributed by atoms with Crippen LogP contribution in [0.5, 0.6) is 0 Å². The summed E-state index contributed by atoms with van der Waals surface area (Å²) in [5.41, 5.74) is 0.593. The lowest BCUT2D eigenvalue weighted by Gasteiger charge is -2.29. The van der Waals surface area contributed by atoms with Gasteiger partial charge in [0.05, 0.1) is 0 Å². The van der Waals surface area contributed by atoms with Crippen molar-refractivity contribution in [3.8, 4) is 0 Å². The van der Waals surface area contributed by atoms with E-state index in [0.717, 1.165) is 24.0 Å². The second kappa shape index (κ2) is 6.73. The largest absolute Gasteiger partial charge is 0.349 e. The van der Waals surface area contributed by atoms with Crippen LogP contribution in [0.25, 0.3) is 0 Å². The van der Waals surface area contributed by atoms with Crippen LogP contribution in [-0.2, 0) is 0 Å². The van der Waals surface area contributed by atoms with Crippen LogP contribution in [0.4, 0.5) is 0 Å². The summed E-state index contributed by atoms with van der Waals surface area (Å²) in [6.45, 7) is 4.12. The molecule has 2 rings (SSSR count). The Labute approximate surface area is 127 Å². The first-order chi connectivity index (χ1) is 9.06. The molecule has 1 aliphatic heterocycles. The molecule has 19 heavy (non-hydrogen) atoms. The van der Waals surface area contributed by atoms with Gasteiger partial charge in [-0.15, -0.1) is 0 Å². The Morgan fingerprint density at radius 1 is 1.53 bits per heavy atom. The van der Waals surface area contributed by atoms with E-state index in [1.54, 1.807) is 18.2 Å². The summed E-state index contributed by atoms with van der Waals surface area (Å²) < 4.78 is 0.817. The van der Waals surface area contributed by atoms with Gasteiger partial charge in [0, 0.05) is 21.1 Å². The number of benzene rings is 1. The molecule has 1 aliphatic rings. The van der Waals surface area contributed by atoms with Gasteiger partial charge in [-0.1, -0.05) is 27.5 Å².